The topological polar surface area (TPSA) is 93.5 Å². The number of halogens is 4. The van der Waals surface area contributed by atoms with Crippen molar-refractivity contribution in [2.24, 2.45) is 5.73 Å². The van der Waals surface area contributed by atoms with Crippen LogP contribution in [0.3, 0.4) is 0 Å². The molecule has 152 valence electrons. The van der Waals surface area contributed by atoms with Crippen LogP contribution >= 0.6 is 12.4 Å². The number of rotatable bonds is 6. The maximum absolute atomic E-state index is 13.0. The Hall–Kier alpha value is -1.84. The van der Waals surface area contributed by atoms with E-state index in [4.69, 9.17) is 10.5 Å². The van der Waals surface area contributed by atoms with E-state index in [0.29, 0.717) is 31.6 Å². The van der Waals surface area contributed by atoms with Gasteiger partial charge in [0.15, 0.2) is 0 Å². The summed E-state index contributed by atoms with van der Waals surface area (Å²) in [5.74, 6) is -0.886. The van der Waals surface area contributed by atoms with Gasteiger partial charge in [-0.05, 0) is 24.5 Å². The number of carbonyl (C=O) groups is 2. The molecule has 0 radical (unpaired) electrons. The Morgan fingerprint density at radius 1 is 1.15 bits per heavy atom. The summed E-state index contributed by atoms with van der Waals surface area (Å²) < 4.78 is 44.5. The van der Waals surface area contributed by atoms with Crippen LogP contribution in [0.4, 0.5) is 13.2 Å². The molecule has 0 saturated carbocycles. The molecule has 0 aromatic heterocycles. The number of nitrogens with one attached hydrogen (secondary N) is 2. The first-order valence-corrected chi connectivity index (χ1v) is 8.26. The zero-order chi connectivity index (χ0) is 19.2. The van der Waals surface area contributed by atoms with Crippen molar-refractivity contribution in [1.29, 1.82) is 0 Å². The molecule has 1 aliphatic rings. The van der Waals surface area contributed by atoms with E-state index in [1.54, 1.807) is 6.07 Å². The fourth-order valence-corrected chi connectivity index (χ4v) is 2.94. The normalized spacial score (nSPS) is 16.1. The summed E-state index contributed by atoms with van der Waals surface area (Å²) in [5.41, 5.74) is 4.30. The van der Waals surface area contributed by atoms with Gasteiger partial charge in [0.05, 0.1) is 18.7 Å². The number of hydrogen-bond donors (Lipinski definition) is 3. The van der Waals surface area contributed by atoms with Gasteiger partial charge in [-0.3, -0.25) is 9.59 Å². The lowest BCUT2D eigenvalue weighted by atomic mass is 9.73. The van der Waals surface area contributed by atoms with E-state index in [-0.39, 0.29) is 32.0 Å². The lowest BCUT2D eigenvalue weighted by Crippen LogP contribution is -2.47. The molecule has 2 rings (SSSR count). The molecule has 4 N–H and O–H groups in total. The Balaban J connectivity index is 0.00000364. The predicted molar refractivity (Wildman–Crippen MR) is 95.5 cm³/mol. The number of nitrogens with two attached hydrogens (primary N) is 1. The van der Waals surface area contributed by atoms with Crippen molar-refractivity contribution in [1.82, 2.24) is 10.6 Å². The second kappa shape index (κ2) is 9.91. The molecular formula is C17H23ClF3N3O3. The van der Waals surface area contributed by atoms with Crippen molar-refractivity contribution in [2.75, 3.05) is 32.8 Å². The zero-order valence-corrected chi connectivity index (χ0v) is 15.4. The third kappa shape index (κ3) is 6.37. The molecule has 1 heterocycles. The molecule has 6 nitrogen and oxygen atoms in total. The lowest BCUT2D eigenvalue weighted by Gasteiger charge is -2.38. The summed E-state index contributed by atoms with van der Waals surface area (Å²) in [7, 11) is 0. The van der Waals surface area contributed by atoms with Crippen molar-refractivity contribution in [2.45, 2.75) is 24.4 Å². The second-order valence-electron chi connectivity index (χ2n) is 6.23. The van der Waals surface area contributed by atoms with Crippen LogP contribution < -0.4 is 16.4 Å². The van der Waals surface area contributed by atoms with Crippen molar-refractivity contribution in [3.05, 3.63) is 35.4 Å². The summed E-state index contributed by atoms with van der Waals surface area (Å²) in [6, 6.07) is 5.17. The van der Waals surface area contributed by atoms with Gasteiger partial charge in [0, 0.05) is 25.2 Å². The molecule has 0 aliphatic carbocycles. The number of benzene rings is 1. The van der Waals surface area contributed by atoms with Gasteiger partial charge in [-0.15, -0.1) is 12.4 Å². The number of alkyl halides is 3. The highest BCUT2D eigenvalue weighted by Gasteiger charge is 2.37. The third-order valence-electron chi connectivity index (χ3n) is 4.51. The van der Waals surface area contributed by atoms with Gasteiger partial charge < -0.3 is 21.1 Å². The van der Waals surface area contributed by atoms with Crippen LogP contribution in [-0.4, -0.2) is 44.7 Å². The lowest BCUT2D eigenvalue weighted by molar-refractivity contribution is -0.137. The average Bonchev–Trinajstić information content (AvgIpc) is 2.64. The van der Waals surface area contributed by atoms with Crippen molar-refractivity contribution < 1.29 is 27.5 Å². The van der Waals surface area contributed by atoms with Crippen LogP contribution in [0.15, 0.2) is 24.3 Å². The molecule has 0 atom stereocenters. The highest BCUT2D eigenvalue weighted by molar-refractivity contribution is 5.85. The van der Waals surface area contributed by atoms with E-state index in [0.717, 1.165) is 12.1 Å². The Morgan fingerprint density at radius 2 is 1.81 bits per heavy atom. The van der Waals surface area contributed by atoms with Crippen molar-refractivity contribution in [3.63, 3.8) is 0 Å². The van der Waals surface area contributed by atoms with E-state index in [2.05, 4.69) is 10.6 Å². The highest BCUT2D eigenvalue weighted by Crippen LogP contribution is 2.37. The quantitative estimate of drug-likeness (QED) is 0.661. The predicted octanol–water partition coefficient (Wildman–Crippen LogP) is 1.37. The van der Waals surface area contributed by atoms with Crippen molar-refractivity contribution in [3.8, 4) is 0 Å². The smallest absolute Gasteiger partial charge is 0.381 e. The first-order chi connectivity index (χ1) is 12.3. The average molecular weight is 410 g/mol. The Bertz CT molecular complexity index is 650. The molecule has 0 bridgehead atoms. The van der Waals surface area contributed by atoms with E-state index in [1.165, 1.54) is 6.07 Å². The Kier molecular flexibility index (Phi) is 8.52. The molecule has 2 amide bonds. The van der Waals surface area contributed by atoms with Crippen LogP contribution in [0.5, 0.6) is 0 Å². The molecule has 1 aromatic rings. The monoisotopic (exact) mass is 409 g/mol. The molecule has 27 heavy (non-hydrogen) atoms. The zero-order valence-electron chi connectivity index (χ0n) is 14.6. The van der Waals surface area contributed by atoms with Gasteiger partial charge in [0.25, 0.3) is 0 Å². The third-order valence-corrected chi connectivity index (χ3v) is 4.51. The summed E-state index contributed by atoms with van der Waals surface area (Å²) >= 11 is 0. The summed E-state index contributed by atoms with van der Waals surface area (Å²) in [5, 5.41) is 5.05. The van der Waals surface area contributed by atoms with E-state index >= 15 is 0 Å². The number of ether oxygens (including phenoxy) is 1. The molecule has 1 aliphatic heterocycles. The van der Waals surface area contributed by atoms with Crippen LogP contribution in [-0.2, 0) is 25.9 Å². The molecule has 0 spiro atoms. The van der Waals surface area contributed by atoms with Gasteiger partial charge in [-0.2, -0.15) is 13.2 Å². The molecule has 10 heteroatoms. The van der Waals surface area contributed by atoms with Crippen LogP contribution in [0.1, 0.15) is 24.0 Å². The minimum atomic E-state index is -4.43. The van der Waals surface area contributed by atoms with Gasteiger partial charge in [0.2, 0.25) is 11.8 Å². The molecular weight excluding hydrogens is 387 g/mol. The van der Waals surface area contributed by atoms with Gasteiger partial charge in [0.1, 0.15) is 0 Å². The van der Waals surface area contributed by atoms with Crippen molar-refractivity contribution >= 4 is 24.2 Å². The Labute approximate surface area is 161 Å². The SMILES string of the molecule is Cl.NCC(=O)NCC(=O)NCC1(c2cccc(C(F)(F)F)c2)CCOCC1. The first-order valence-electron chi connectivity index (χ1n) is 8.26. The van der Waals surface area contributed by atoms with E-state index in [9.17, 15) is 22.8 Å². The van der Waals surface area contributed by atoms with Gasteiger partial charge in [-0.25, -0.2) is 0 Å². The van der Waals surface area contributed by atoms with E-state index in [1.807, 2.05) is 0 Å². The number of hydrogen-bond acceptors (Lipinski definition) is 4. The molecule has 1 fully saturated rings. The van der Waals surface area contributed by atoms with Gasteiger partial charge in [-0.1, -0.05) is 18.2 Å². The van der Waals surface area contributed by atoms with E-state index < -0.39 is 29.0 Å². The molecule has 1 aromatic carbocycles. The first kappa shape index (κ1) is 23.2. The van der Waals surface area contributed by atoms with Gasteiger partial charge >= 0.3 is 6.18 Å². The number of carbonyl (C=O) groups excluding carboxylic acids is 2. The second-order valence-corrected chi connectivity index (χ2v) is 6.23. The molecule has 0 unspecified atom stereocenters. The fourth-order valence-electron chi connectivity index (χ4n) is 2.94. The fraction of sp³-hybridized carbons (Fsp3) is 0.529. The minimum Gasteiger partial charge on any atom is -0.381 e. The van der Waals surface area contributed by atoms with Crippen LogP contribution in [0.25, 0.3) is 0 Å². The standard InChI is InChI=1S/C17H22F3N3O3.ClH/c18-17(19,20)13-3-1-2-12(8-13)16(4-6-26-7-5-16)11-23-15(25)10-22-14(24)9-21;/h1-3,8H,4-7,9-11,21H2,(H,22,24)(H,23,25);1H. The van der Waals surface area contributed by atoms with Crippen LogP contribution in [0.2, 0.25) is 0 Å². The largest absolute Gasteiger partial charge is 0.416 e. The van der Waals surface area contributed by atoms with Crippen LogP contribution in [0, 0.1) is 0 Å². The Morgan fingerprint density at radius 3 is 2.41 bits per heavy atom. The number of amides is 2. The summed E-state index contributed by atoms with van der Waals surface area (Å²) in [6.07, 6.45) is -3.45. The summed E-state index contributed by atoms with van der Waals surface area (Å²) in [6.45, 7) is 0.505. The summed E-state index contributed by atoms with van der Waals surface area (Å²) in [4.78, 5) is 23.0. The maximum Gasteiger partial charge on any atom is 0.416 e. The minimum absolute atomic E-state index is 0. The maximum atomic E-state index is 13.0. The molecule has 1 saturated heterocycles. The highest BCUT2D eigenvalue weighted by atomic mass is 35.5.